The highest BCUT2D eigenvalue weighted by Gasteiger charge is 2.16. The van der Waals surface area contributed by atoms with E-state index in [1.807, 2.05) is 0 Å². The van der Waals surface area contributed by atoms with Crippen molar-refractivity contribution in [3.8, 4) is 0 Å². The molecule has 7 heteroatoms. The largest absolute Gasteiger partial charge is 0.354 e. The van der Waals surface area contributed by atoms with Gasteiger partial charge >= 0.3 is 5.69 Å². The molecule has 0 bridgehead atoms. The summed E-state index contributed by atoms with van der Waals surface area (Å²) in [5.41, 5.74) is 0.279. The van der Waals surface area contributed by atoms with Gasteiger partial charge in [-0.1, -0.05) is 103 Å². The monoisotopic (exact) mass is 436 g/mol. The average molecular weight is 437 g/mol. The number of aromatic nitrogens is 2. The Labute approximate surface area is 188 Å². The van der Waals surface area contributed by atoms with Crippen LogP contribution in [0.15, 0.2) is 6.20 Å². The molecule has 1 heterocycles. The smallest absolute Gasteiger partial charge is 0.309 e. The molecule has 0 radical (unpaired) electrons. The number of hydrogen-bond donors (Lipinski definition) is 1. The van der Waals surface area contributed by atoms with Gasteiger partial charge in [-0.05, 0) is 13.3 Å². The van der Waals surface area contributed by atoms with E-state index in [0.717, 1.165) is 12.8 Å². The van der Waals surface area contributed by atoms with Gasteiger partial charge in [0.15, 0.2) is 0 Å². The number of aryl methyl sites for hydroxylation is 1. The molecule has 7 nitrogen and oxygen atoms in total. The van der Waals surface area contributed by atoms with Gasteiger partial charge in [0.1, 0.15) is 18.4 Å². The molecule has 1 aromatic rings. The lowest BCUT2D eigenvalue weighted by molar-refractivity contribution is -0.385. The number of hydrogen-bond acceptors (Lipinski definition) is 4. The molecule has 0 spiro atoms. The zero-order valence-corrected chi connectivity index (χ0v) is 19.9. The van der Waals surface area contributed by atoms with Gasteiger partial charge in [-0.15, -0.1) is 0 Å². The second kappa shape index (κ2) is 17.7. The molecule has 0 aliphatic heterocycles. The first-order valence-corrected chi connectivity index (χ1v) is 12.5. The molecule has 0 fully saturated rings. The molecule has 0 aliphatic carbocycles. The zero-order valence-electron chi connectivity index (χ0n) is 19.9. The van der Waals surface area contributed by atoms with Gasteiger partial charge in [-0.2, -0.15) is 5.10 Å². The molecule has 31 heavy (non-hydrogen) atoms. The Morgan fingerprint density at radius 3 is 1.77 bits per heavy atom. The van der Waals surface area contributed by atoms with Crippen molar-refractivity contribution in [2.75, 3.05) is 6.54 Å². The predicted octanol–water partition coefficient (Wildman–Crippen LogP) is 6.48. The fourth-order valence-corrected chi connectivity index (χ4v) is 3.87. The van der Waals surface area contributed by atoms with Crippen molar-refractivity contribution in [1.29, 1.82) is 0 Å². The number of carbonyl (C=O) groups is 1. The van der Waals surface area contributed by atoms with Gasteiger partial charge in [0.05, 0.1) is 4.92 Å². The summed E-state index contributed by atoms with van der Waals surface area (Å²) in [6.07, 6.45) is 22.6. The van der Waals surface area contributed by atoms with Crippen LogP contribution in [0.4, 0.5) is 5.69 Å². The van der Waals surface area contributed by atoms with Gasteiger partial charge < -0.3 is 5.32 Å². The van der Waals surface area contributed by atoms with Crippen molar-refractivity contribution in [1.82, 2.24) is 15.1 Å². The first kappa shape index (κ1) is 27.1. The predicted molar refractivity (Wildman–Crippen MR) is 126 cm³/mol. The number of unbranched alkanes of at least 4 members (excludes halogenated alkanes) is 15. The molecule has 0 atom stereocenters. The Bertz CT molecular complexity index is 616. The Morgan fingerprint density at radius 1 is 0.903 bits per heavy atom. The van der Waals surface area contributed by atoms with E-state index in [4.69, 9.17) is 0 Å². The van der Waals surface area contributed by atoms with E-state index >= 15 is 0 Å². The van der Waals surface area contributed by atoms with Crippen LogP contribution in [0.1, 0.15) is 115 Å². The van der Waals surface area contributed by atoms with Crippen LogP contribution in [0.3, 0.4) is 0 Å². The lowest BCUT2D eigenvalue weighted by Gasteiger charge is -2.06. The van der Waals surface area contributed by atoms with Crippen molar-refractivity contribution in [3.05, 3.63) is 22.0 Å². The van der Waals surface area contributed by atoms with Crippen molar-refractivity contribution < 1.29 is 9.72 Å². The van der Waals surface area contributed by atoms with E-state index in [2.05, 4.69) is 17.3 Å². The van der Waals surface area contributed by atoms with E-state index in [0.29, 0.717) is 12.2 Å². The molecule has 178 valence electrons. The van der Waals surface area contributed by atoms with E-state index in [1.54, 1.807) is 6.92 Å². The van der Waals surface area contributed by atoms with Crippen LogP contribution in [0.5, 0.6) is 0 Å². The molecule has 1 amide bonds. The topological polar surface area (TPSA) is 90.1 Å². The zero-order chi connectivity index (χ0) is 22.7. The van der Waals surface area contributed by atoms with Crippen molar-refractivity contribution in [2.45, 2.75) is 123 Å². The van der Waals surface area contributed by atoms with Crippen LogP contribution in [-0.4, -0.2) is 27.2 Å². The number of rotatable bonds is 20. The van der Waals surface area contributed by atoms with Gasteiger partial charge in [0, 0.05) is 6.54 Å². The lowest BCUT2D eigenvalue weighted by atomic mass is 10.0. The minimum absolute atomic E-state index is 0.0214. The summed E-state index contributed by atoms with van der Waals surface area (Å²) >= 11 is 0. The van der Waals surface area contributed by atoms with E-state index in [1.165, 1.54) is 101 Å². The maximum Gasteiger partial charge on any atom is 0.309 e. The Hall–Kier alpha value is -1.92. The molecule has 0 saturated carbocycles. The molecule has 1 aromatic heterocycles. The summed E-state index contributed by atoms with van der Waals surface area (Å²) in [6, 6.07) is 0. The second-order valence-corrected chi connectivity index (χ2v) is 8.71. The van der Waals surface area contributed by atoms with Gasteiger partial charge in [0.2, 0.25) is 5.91 Å². The van der Waals surface area contributed by atoms with Crippen molar-refractivity contribution >= 4 is 11.6 Å². The summed E-state index contributed by atoms with van der Waals surface area (Å²) in [5, 5.41) is 17.7. The molecule has 0 unspecified atom stereocenters. The second-order valence-electron chi connectivity index (χ2n) is 8.71. The summed E-state index contributed by atoms with van der Waals surface area (Å²) in [7, 11) is 0. The average Bonchev–Trinajstić information content (AvgIpc) is 3.10. The van der Waals surface area contributed by atoms with Gasteiger partial charge in [-0.3, -0.25) is 19.6 Å². The normalized spacial score (nSPS) is 11.0. The summed E-state index contributed by atoms with van der Waals surface area (Å²) in [4.78, 5) is 22.3. The summed E-state index contributed by atoms with van der Waals surface area (Å²) in [5.74, 6) is -0.154. The quantitative estimate of drug-likeness (QED) is 0.144. The van der Waals surface area contributed by atoms with Gasteiger partial charge in [0.25, 0.3) is 0 Å². The molecular weight excluding hydrogens is 392 g/mol. The highest BCUT2D eigenvalue weighted by Crippen LogP contribution is 2.15. The maximum absolute atomic E-state index is 11.9. The number of carbonyl (C=O) groups excluding carboxylic acids is 1. The Kier molecular flexibility index (Phi) is 15.5. The molecular formula is C24H44N4O3. The molecule has 0 aliphatic rings. The van der Waals surface area contributed by atoms with Crippen LogP contribution < -0.4 is 5.32 Å². The van der Waals surface area contributed by atoms with E-state index in [-0.39, 0.29) is 18.1 Å². The third kappa shape index (κ3) is 13.9. The van der Waals surface area contributed by atoms with Crippen LogP contribution in [-0.2, 0) is 11.3 Å². The minimum Gasteiger partial charge on any atom is -0.354 e. The minimum atomic E-state index is -0.479. The van der Waals surface area contributed by atoms with Gasteiger partial charge in [-0.25, -0.2) is 0 Å². The first-order valence-electron chi connectivity index (χ1n) is 12.5. The van der Waals surface area contributed by atoms with Crippen LogP contribution in [0, 0.1) is 17.0 Å². The number of nitrogens with one attached hydrogen (secondary N) is 1. The number of amides is 1. The van der Waals surface area contributed by atoms with Crippen molar-refractivity contribution in [2.24, 2.45) is 0 Å². The molecule has 1 N–H and O–H groups in total. The van der Waals surface area contributed by atoms with E-state index in [9.17, 15) is 14.9 Å². The Morgan fingerprint density at radius 2 is 1.35 bits per heavy atom. The fourth-order valence-electron chi connectivity index (χ4n) is 3.87. The standard InChI is InChI=1S/C24H44N4O3/c1-3-4-5-6-7-8-9-10-11-12-13-14-15-16-17-18-19-25-24(29)21-27-20-23(28(30)31)22(2)26-27/h20H,3-19,21H2,1-2H3,(H,25,29). The van der Waals surface area contributed by atoms with Crippen LogP contribution in [0.2, 0.25) is 0 Å². The molecule has 1 rings (SSSR count). The highest BCUT2D eigenvalue weighted by atomic mass is 16.6. The van der Waals surface area contributed by atoms with E-state index < -0.39 is 4.92 Å². The fraction of sp³-hybridized carbons (Fsp3) is 0.833. The highest BCUT2D eigenvalue weighted by molar-refractivity contribution is 5.75. The third-order valence-electron chi connectivity index (χ3n) is 5.78. The van der Waals surface area contributed by atoms with Crippen LogP contribution in [0.25, 0.3) is 0 Å². The molecule has 0 saturated heterocycles. The lowest BCUT2D eigenvalue weighted by Crippen LogP contribution is -2.28. The first-order chi connectivity index (χ1) is 15.0. The van der Waals surface area contributed by atoms with Crippen molar-refractivity contribution in [3.63, 3.8) is 0 Å². The number of nitro groups is 1. The summed E-state index contributed by atoms with van der Waals surface area (Å²) < 4.78 is 1.33. The SMILES string of the molecule is CCCCCCCCCCCCCCCCCCNC(=O)Cn1cc([N+](=O)[O-])c(C)n1. The molecule has 0 aromatic carbocycles. The third-order valence-corrected chi connectivity index (χ3v) is 5.78. The maximum atomic E-state index is 11.9. The summed E-state index contributed by atoms with van der Waals surface area (Å²) in [6.45, 7) is 4.52. The van der Waals surface area contributed by atoms with Crippen LogP contribution >= 0.6 is 0 Å². The Balaban J connectivity index is 1.85. The number of nitrogens with zero attached hydrogens (tertiary/aromatic N) is 3.